The molecule has 3 rings (SSSR count). The molecule has 0 radical (unpaired) electrons. The number of rotatable bonds is 9. The van der Waals surface area contributed by atoms with Crippen molar-refractivity contribution in [3.63, 3.8) is 0 Å². The molecule has 0 spiro atoms. The molecule has 10 nitrogen and oxygen atoms in total. The molecule has 2 aromatic rings. The van der Waals surface area contributed by atoms with Crippen LogP contribution in [0.2, 0.25) is 0 Å². The molecule has 2 N–H and O–H groups in total. The number of nitrogens with zero attached hydrogens (tertiary/aromatic N) is 4. The van der Waals surface area contributed by atoms with Gasteiger partial charge in [-0.1, -0.05) is 25.0 Å². The molecule has 2 aromatic heterocycles. The number of carboxylic acids is 1. The lowest BCUT2D eigenvalue weighted by Gasteiger charge is -2.27. The van der Waals surface area contributed by atoms with Gasteiger partial charge in [-0.2, -0.15) is 0 Å². The number of carboxylic acid groups (broad SMARTS) is 1. The van der Waals surface area contributed by atoms with Crippen LogP contribution >= 0.6 is 0 Å². The minimum absolute atomic E-state index is 0.140. The predicted octanol–water partition coefficient (Wildman–Crippen LogP) is 3.64. The van der Waals surface area contributed by atoms with Gasteiger partial charge in [0.1, 0.15) is 5.75 Å². The number of aliphatic carboxylic acids is 1. The number of nitrogens with one attached hydrogen (secondary N) is 1. The molecule has 2 atom stereocenters. The standard InChI is InChI=1S/C21H29N5O5/c1-3-4-5-11-30-21(29)23-19-18(24-25-26(19)2)17-10-9-16(13-22-17)31-15-8-6-7-14(12-15)20(27)28/h9-10,13-15H,3-8,11-12H2,1-2H3,(H,23,29)(H,27,28)/t14-,15-/m0/s1. The topological polar surface area (TPSA) is 128 Å². The highest BCUT2D eigenvalue weighted by atomic mass is 16.5. The Hall–Kier alpha value is -3.17. The summed E-state index contributed by atoms with van der Waals surface area (Å²) in [5.41, 5.74) is 0.942. The molecule has 168 valence electrons. The Morgan fingerprint density at radius 1 is 1.29 bits per heavy atom. The number of hydrogen-bond acceptors (Lipinski definition) is 7. The van der Waals surface area contributed by atoms with Gasteiger partial charge in [-0.25, -0.2) is 9.48 Å². The highest BCUT2D eigenvalue weighted by Crippen LogP contribution is 2.29. The lowest BCUT2D eigenvalue weighted by molar-refractivity contribution is -0.143. The first-order valence-corrected chi connectivity index (χ1v) is 10.7. The van der Waals surface area contributed by atoms with E-state index in [4.69, 9.17) is 9.47 Å². The maximum Gasteiger partial charge on any atom is 0.412 e. The normalized spacial score (nSPS) is 18.4. The monoisotopic (exact) mass is 431 g/mol. The van der Waals surface area contributed by atoms with E-state index in [1.54, 1.807) is 25.4 Å². The van der Waals surface area contributed by atoms with Gasteiger partial charge in [0.25, 0.3) is 0 Å². The van der Waals surface area contributed by atoms with Crippen molar-refractivity contribution >= 4 is 17.9 Å². The number of anilines is 1. The van der Waals surface area contributed by atoms with E-state index in [0.29, 0.717) is 42.4 Å². The highest BCUT2D eigenvalue weighted by molar-refractivity contribution is 5.88. The van der Waals surface area contributed by atoms with Gasteiger partial charge in [0.2, 0.25) is 0 Å². The molecule has 2 heterocycles. The number of amides is 1. The smallest absolute Gasteiger partial charge is 0.412 e. The van der Waals surface area contributed by atoms with E-state index in [9.17, 15) is 14.7 Å². The van der Waals surface area contributed by atoms with Crippen LogP contribution < -0.4 is 10.1 Å². The molecule has 1 aliphatic carbocycles. The van der Waals surface area contributed by atoms with E-state index in [1.165, 1.54) is 4.68 Å². The van der Waals surface area contributed by atoms with E-state index in [0.717, 1.165) is 32.1 Å². The molecule has 1 fully saturated rings. The second-order valence-electron chi connectivity index (χ2n) is 7.70. The van der Waals surface area contributed by atoms with E-state index >= 15 is 0 Å². The first-order valence-electron chi connectivity index (χ1n) is 10.7. The Morgan fingerprint density at radius 3 is 2.84 bits per heavy atom. The van der Waals surface area contributed by atoms with Gasteiger partial charge in [-0.05, 0) is 44.2 Å². The Kier molecular flexibility index (Phi) is 7.80. The number of ether oxygens (including phenoxy) is 2. The summed E-state index contributed by atoms with van der Waals surface area (Å²) in [7, 11) is 1.67. The minimum atomic E-state index is -0.770. The van der Waals surface area contributed by atoms with Crippen molar-refractivity contribution < 1.29 is 24.2 Å². The lowest BCUT2D eigenvalue weighted by Crippen LogP contribution is -2.29. The van der Waals surface area contributed by atoms with E-state index in [-0.39, 0.29) is 12.0 Å². The quantitative estimate of drug-likeness (QED) is 0.576. The molecule has 1 saturated carbocycles. The third kappa shape index (κ3) is 6.16. The fraction of sp³-hybridized carbons (Fsp3) is 0.571. The van der Waals surface area contributed by atoms with E-state index < -0.39 is 12.1 Å². The van der Waals surface area contributed by atoms with Crippen LogP contribution in [-0.2, 0) is 16.6 Å². The lowest BCUT2D eigenvalue weighted by atomic mass is 9.87. The second kappa shape index (κ2) is 10.7. The van der Waals surface area contributed by atoms with Crippen LogP contribution in [-0.4, -0.2) is 49.9 Å². The molecular weight excluding hydrogens is 402 g/mol. The van der Waals surface area contributed by atoms with Gasteiger partial charge < -0.3 is 14.6 Å². The van der Waals surface area contributed by atoms with Gasteiger partial charge in [-0.3, -0.25) is 15.1 Å². The van der Waals surface area contributed by atoms with Crippen molar-refractivity contribution in [2.24, 2.45) is 13.0 Å². The van der Waals surface area contributed by atoms with Crippen LogP contribution in [0.1, 0.15) is 51.9 Å². The van der Waals surface area contributed by atoms with Crippen molar-refractivity contribution in [1.82, 2.24) is 20.0 Å². The Labute approximate surface area is 181 Å². The molecule has 0 saturated heterocycles. The summed E-state index contributed by atoms with van der Waals surface area (Å²) in [6.07, 6.45) is 6.58. The Balaban J connectivity index is 1.62. The summed E-state index contributed by atoms with van der Waals surface area (Å²) in [6.45, 7) is 2.44. The molecule has 31 heavy (non-hydrogen) atoms. The predicted molar refractivity (Wildman–Crippen MR) is 113 cm³/mol. The number of hydrogen-bond donors (Lipinski definition) is 2. The van der Waals surface area contributed by atoms with Crippen LogP contribution in [0.25, 0.3) is 11.4 Å². The molecule has 0 unspecified atom stereocenters. The maximum atomic E-state index is 12.1. The molecule has 0 bridgehead atoms. The summed E-state index contributed by atoms with van der Waals surface area (Å²) in [5.74, 6) is -0.180. The Morgan fingerprint density at radius 2 is 2.13 bits per heavy atom. The van der Waals surface area contributed by atoms with Crippen molar-refractivity contribution in [3.05, 3.63) is 18.3 Å². The highest BCUT2D eigenvalue weighted by Gasteiger charge is 2.28. The summed E-state index contributed by atoms with van der Waals surface area (Å²) in [4.78, 5) is 27.7. The number of pyridine rings is 1. The number of carbonyl (C=O) groups is 2. The average molecular weight is 431 g/mol. The first-order chi connectivity index (χ1) is 15.0. The molecule has 1 amide bonds. The third-order valence-electron chi connectivity index (χ3n) is 5.29. The average Bonchev–Trinajstić information content (AvgIpc) is 3.12. The van der Waals surface area contributed by atoms with Gasteiger partial charge in [-0.15, -0.1) is 5.10 Å². The molecule has 0 aliphatic heterocycles. The molecule has 0 aromatic carbocycles. The van der Waals surface area contributed by atoms with Crippen LogP contribution in [0.15, 0.2) is 18.3 Å². The number of aryl methyl sites for hydroxylation is 1. The van der Waals surface area contributed by atoms with Gasteiger partial charge in [0.15, 0.2) is 11.5 Å². The van der Waals surface area contributed by atoms with Crippen LogP contribution in [0.4, 0.5) is 10.6 Å². The van der Waals surface area contributed by atoms with E-state index in [1.807, 2.05) is 0 Å². The first kappa shape index (κ1) is 22.5. The van der Waals surface area contributed by atoms with Gasteiger partial charge in [0.05, 0.1) is 30.5 Å². The second-order valence-corrected chi connectivity index (χ2v) is 7.70. The van der Waals surface area contributed by atoms with Crippen LogP contribution in [0, 0.1) is 5.92 Å². The largest absolute Gasteiger partial charge is 0.489 e. The Bertz CT molecular complexity index is 883. The number of carbonyl (C=O) groups excluding carboxylic acids is 1. The summed E-state index contributed by atoms with van der Waals surface area (Å²) < 4.78 is 12.6. The number of aromatic nitrogens is 4. The fourth-order valence-electron chi connectivity index (χ4n) is 3.58. The van der Waals surface area contributed by atoms with Crippen LogP contribution in [0.5, 0.6) is 5.75 Å². The zero-order valence-corrected chi connectivity index (χ0v) is 17.9. The molecular formula is C21H29N5O5. The number of unbranched alkanes of at least 4 members (excludes halogenated alkanes) is 2. The van der Waals surface area contributed by atoms with Crippen LogP contribution in [0.3, 0.4) is 0 Å². The van der Waals surface area contributed by atoms with E-state index in [2.05, 4.69) is 27.5 Å². The molecule has 10 heteroatoms. The molecule has 1 aliphatic rings. The summed E-state index contributed by atoms with van der Waals surface area (Å²) >= 11 is 0. The minimum Gasteiger partial charge on any atom is -0.489 e. The van der Waals surface area contributed by atoms with Crippen molar-refractivity contribution in [3.8, 4) is 17.1 Å². The fourth-order valence-corrected chi connectivity index (χ4v) is 3.58. The zero-order chi connectivity index (χ0) is 22.2. The van der Waals surface area contributed by atoms with Crippen molar-refractivity contribution in [2.45, 2.75) is 58.0 Å². The van der Waals surface area contributed by atoms with Gasteiger partial charge in [0, 0.05) is 7.05 Å². The van der Waals surface area contributed by atoms with Gasteiger partial charge >= 0.3 is 12.1 Å². The third-order valence-corrected chi connectivity index (χ3v) is 5.29. The van der Waals surface area contributed by atoms with Crippen molar-refractivity contribution in [1.29, 1.82) is 0 Å². The summed E-state index contributed by atoms with van der Waals surface area (Å²) in [5, 5.41) is 20.0. The SMILES string of the molecule is CCCCCOC(=O)Nc1c(-c2ccc(O[C@H]3CCC[C@H](C(=O)O)C3)cn2)nnn1C. The summed E-state index contributed by atoms with van der Waals surface area (Å²) in [6, 6.07) is 3.49. The zero-order valence-electron chi connectivity index (χ0n) is 17.9. The maximum absolute atomic E-state index is 12.1. The van der Waals surface area contributed by atoms with Crippen molar-refractivity contribution in [2.75, 3.05) is 11.9 Å².